The molecule has 0 amide bonds. The van der Waals surface area contributed by atoms with Crippen molar-refractivity contribution < 1.29 is 9.90 Å². The molecule has 4 nitrogen and oxygen atoms in total. The zero-order chi connectivity index (χ0) is 10.7. The molecular weight excluding hydrogens is 248 g/mol. The molecule has 1 unspecified atom stereocenters. The van der Waals surface area contributed by atoms with Gasteiger partial charge in [0, 0.05) is 0 Å². The third kappa shape index (κ3) is 2.70. The van der Waals surface area contributed by atoms with Crippen molar-refractivity contribution in [1.29, 1.82) is 0 Å². The molecule has 2 N–H and O–H groups in total. The first kappa shape index (κ1) is 11.0. The molecule has 1 atom stereocenters. The van der Waals surface area contributed by atoms with Gasteiger partial charge >= 0.3 is 5.97 Å². The van der Waals surface area contributed by atoms with Crippen molar-refractivity contribution in [2.24, 2.45) is 0 Å². The number of hydrogen-bond donors (Lipinski definition) is 2. The topological polar surface area (TPSA) is 62.2 Å². The molecule has 1 aromatic heterocycles. The van der Waals surface area contributed by atoms with Crippen molar-refractivity contribution >= 4 is 27.6 Å². The van der Waals surface area contributed by atoms with E-state index in [1.165, 1.54) is 0 Å². The van der Waals surface area contributed by atoms with Crippen LogP contribution in [0.2, 0.25) is 0 Å². The van der Waals surface area contributed by atoms with E-state index >= 15 is 0 Å². The molecular formula is C9H11BrN2O2. The van der Waals surface area contributed by atoms with Crippen LogP contribution < -0.4 is 5.32 Å². The van der Waals surface area contributed by atoms with E-state index in [0.29, 0.717) is 0 Å². The standard InChI is InChI=1S/C9H11BrN2O2/c1-5-7(3-4-8(10)12-5)11-6(2)9(13)14/h3-4,6,11H,1-2H3,(H,13,14). The summed E-state index contributed by atoms with van der Waals surface area (Å²) in [4.78, 5) is 14.7. The predicted octanol–water partition coefficient (Wildman–Crippen LogP) is 2.04. The molecule has 14 heavy (non-hydrogen) atoms. The van der Waals surface area contributed by atoms with Crippen LogP contribution in [0.4, 0.5) is 5.69 Å². The smallest absolute Gasteiger partial charge is 0.325 e. The second-order valence-corrected chi connectivity index (χ2v) is 3.78. The van der Waals surface area contributed by atoms with Crippen LogP contribution in [0.1, 0.15) is 12.6 Å². The molecule has 0 spiro atoms. The normalized spacial score (nSPS) is 12.2. The van der Waals surface area contributed by atoms with Gasteiger partial charge < -0.3 is 10.4 Å². The molecule has 1 heterocycles. The Morgan fingerprint density at radius 2 is 2.29 bits per heavy atom. The van der Waals surface area contributed by atoms with Gasteiger partial charge in [0.2, 0.25) is 0 Å². The summed E-state index contributed by atoms with van der Waals surface area (Å²) in [7, 11) is 0. The lowest BCUT2D eigenvalue weighted by atomic mass is 10.2. The van der Waals surface area contributed by atoms with Gasteiger partial charge in [-0.15, -0.1) is 0 Å². The molecule has 5 heteroatoms. The van der Waals surface area contributed by atoms with Crippen LogP contribution in [0.5, 0.6) is 0 Å². The number of halogens is 1. The number of hydrogen-bond acceptors (Lipinski definition) is 3. The van der Waals surface area contributed by atoms with E-state index in [2.05, 4.69) is 26.2 Å². The molecule has 76 valence electrons. The number of aryl methyl sites for hydroxylation is 1. The number of carboxylic acids is 1. The predicted molar refractivity (Wildman–Crippen MR) is 57.4 cm³/mol. The van der Waals surface area contributed by atoms with E-state index in [1.807, 2.05) is 6.92 Å². The fourth-order valence-electron chi connectivity index (χ4n) is 0.978. The van der Waals surface area contributed by atoms with Crippen LogP contribution in [-0.4, -0.2) is 22.1 Å². The minimum Gasteiger partial charge on any atom is -0.480 e. The summed E-state index contributed by atoms with van der Waals surface area (Å²) in [6, 6.07) is 2.95. The number of carboxylic acid groups (broad SMARTS) is 1. The highest BCUT2D eigenvalue weighted by atomic mass is 79.9. The van der Waals surface area contributed by atoms with Crippen molar-refractivity contribution in [3.8, 4) is 0 Å². The number of aromatic nitrogens is 1. The minimum atomic E-state index is -0.882. The highest BCUT2D eigenvalue weighted by molar-refractivity contribution is 9.10. The number of carbonyl (C=O) groups is 1. The van der Waals surface area contributed by atoms with E-state index < -0.39 is 12.0 Å². The van der Waals surface area contributed by atoms with Gasteiger partial charge in [0.05, 0.1) is 11.4 Å². The summed E-state index contributed by atoms with van der Waals surface area (Å²) in [5.41, 5.74) is 1.51. The summed E-state index contributed by atoms with van der Waals surface area (Å²) in [6.07, 6.45) is 0. The van der Waals surface area contributed by atoms with E-state index in [9.17, 15) is 4.79 Å². The van der Waals surface area contributed by atoms with Crippen LogP contribution in [0.3, 0.4) is 0 Å². The van der Waals surface area contributed by atoms with E-state index in [4.69, 9.17) is 5.11 Å². The van der Waals surface area contributed by atoms with Gasteiger partial charge in [0.25, 0.3) is 0 Å². The van der Waals surface area contributed by atoms with Gasteiger partial charge in [-0.3, -0.25) is 4.79 Å². The summed E-state index contributed by atoms with van der Waals surface area (Å²) in [6.45, 7) is 3.41. The van der Waals surface area contributed by atoms with Gasteiger partial charge in [0.15, 0.2) is 0 Å². The Hall–Kier alpha value is -1.10. The zero-order valence-corrected chi connectivity index (χ0v) is 9.50. The molecule has 0 aromatic carbocycles. The van der Waals surface area contributed by atoms with Crippen LogP contribution in [-0.2, 0) is 4.79 Å². The van der Waals surface area contributed by atoms with Gasteiger partial charge in [-0.05, 0) is 41.9 Å². The molecule has 0 bridgehead atoms. The van der Waals surface area contributed by atoms with Gasteiger partial charge in [0.1, 0.15) is 10.6 Å². The summed E-state index contributed by atoms with van der Waals surface area (Å²) in [5.74, 6) is -0.882. The lowest BCUT2D eigenvalue weighted by Crippen LogP contribution is -2.25. The highest BCUT2D eigenvalue weighted by Crippen LogP contribution is 2.16. The van der Waals surface area contributed by atoms with Gasteiger partial charge in [-0.1, -0.05) is 0 Å². The Labute approximate surface area is 90.5 Å². The van der Waals surface area contributed by atoms with E-state index in [0.717, 1.165) is 16.0 Å². The summed E-state index contributed by atoms with van der Waals surface area (Å²) >= 11 is 3.24. The second kappa shape index (κ2) is 4.41. The lowest BCUT2D eigenvalue weighted by Gasteiger charge is -2.12. The fraction of sp³-hybridized carbons (Fsp3) is 0.333. The Bertz CT molecular complexity index is 355. The number of anilines is 1. The second-order valence-electron chi connectivity index (χ2n) is 2.97. The van der Waals surface area contributed by atoms with Crippen LogP contribution in [0.25, 0.3) is 0 Å². The Balaban J connectivity index is 2.82. The van der Waals surface area contributed by atoms with E-state index in [1.54, 1.807) is 19.1 Å². The third-order valence-corrected chi connectivity index (χ3v) is 2.24. The molecule has 0 fully saturated rings. The van der Waals surface area contributed by atoms with Gasteiger partial charge in [-0.2, -0.15) is 0 Å². The number of pyridine rings is 1. The highest BCUT2D eigenvalue weighted by Gasteiger charge is 2.11. The Kier molecular flexibility index (Phi) is 3.46. The maximum absolute atomic E-state index is 10.6. The molecule has 0 aliphatic heterocycles. The maximum Gasteiger partial charge on any atom is 0.325 e. The van der Waals surface area contributed by atoms with Crippen LogP contribution in [0.15, 0.2) is 16.7 Å². The quantitative estimate of drug-likeness (QED) is 0.815. The molecule has 0 aliphatic carbocycles. The van der Waals surface area contributed by atoms with Crippen LogP contribution in [0, 0.1) is 6.92 Å². The van der Waals surface area contributed by atoms with Gasteiger partial charge in [-0.25, -0.2) is 4.98 Å². The first-order valence-electron chi connectivity index (χ1n) is 4.13. The largest absolute Gasteiger partial charge is 0.480 e. The summed E-state index contributed by atoms with van der Waals surface area (Å²) < 4.78 is 0.739. The van der Waals surface area contributed by atoms with Crippen molar-refractivity contribution in [1.82, 2.24) is 4.98 Å². The number of nitrogens with one attached hydrogen (secondary N) is 1. The van der Waals surface area contributed by atoms with E-state index in [-0.39, 0.29) is 0 Å². The Morgan fingerprint density at radius 3 is 2.79 bits per heavy atom. The number of nitrogens with zero attached hydrogens (tertiary/aromatic N) is 1. The van der Waals surface area contributed by atoms with Crippen molar-refractivity contribution in [2.45, 2.75) is 19.9 Å². The Morgan fingerprint density at radius 1 is 1.64 bits per heavy atom. The molecule has 1 rings (SSSR count). The SMILES string of the molecule is Cc1nc(Br)ccc1NC(C)C(=O)O. The first-order valence-corrected chi connectivity index (χ1v) is 4.92. The maximum atomic E-state index is 10.6. The summed E-state index contributed by atoms with van der Waals surface area (Å²) in [5, 5.41) is 11.6. The van der Waals surface area contributed by atoms with Crippen molar-refractivity contribution in [3.63, 3.8) is 0 Å². The molecule has 0 saturated heterocycles. The number of aliphatic carboxylic acids is 1. The third-order valence-electron chi connectivity index (χ3n) is 1.79. The molecule has 0 radical (unpaired) electrons. The zero-order valence-electron chi connectivity index (χ0n) is 7.91. The average Bonchev–Trinajstić information content (AvgIpc) is 2.09. The first-order chi connectivity index (χ1) is 6.50. The minimum absolute atomic E-state index is 0.614. The molecule has 0 saturated carbocycles. The molecule has 1 aromatic rings. The molecule has 0 aliphatic rings. The monoisotopic (exact) mass is 258 g/mol. The fourth-order valence-corrected chi connectivity index (χ4v) is 1.38. The average molecular weight is 259 g/mol. The number of rotatable bonds is 3. The van der Waals surface area contributed by atoms with Crippen molar-refractivity contribution in [3.05, 3.63) is 22.4 Å². The van der Waals surface area contributed by atoms with Crippen molar-refractivity contribution in [2.75, 3.05) is 5.32 Å². The van der Waals surface area contributed by atoms with Crippen LogP contribution >= 0.6 is 15.9 Å². The lowest BCUT2D eigenvalue weighted by molar-refractivity contribution is -0.137.